The molecule has 0 saturated heterocycles. The van der Waals surface area contributed by atoms with Crippen LogP contribution in [0.15, 0.2) is 77.6 Å². The van der Waals surface area contributed by atoms with E-state index in [4.69, 9.17) is 19.4 Å². The van der Waals surface area contributed by atoms with Crippen molar-refractivity contribution in [1.29, 1.82) is 0 Å². The molecule has 0 fully saturated rings. The number of fused-ring (bicyclic) bond motifs is 9. The largest absolute Gasteiger partial charge is 0.495 e. The zero-order valence-corrected chi connectivity index (χ0v) is 20.0. The van der Waals surface area contributed by atoms with Crippen molar-refractivity contribution >= 4 is 65.4 Å². The average molecular weight is 472 g/mol. The first-order valence-electron chi connectivity index (χ1n) is 11.7. The summed E-state index contributed by atoms with van der Waals surface area (Å²) in [6.07, 6.45) is 0. The summed E-state index contributed by atoms with van der Waals surface area (Å²) in [5.74, 6) is 1.31. The number of benzene rings is 4. The smallest absolute Gasteiger partial charge is 0.199 e. The Morgan fingerprint density at radius 3 is 1.86 bits per heavy atom. The number of nitrogens with zero attached hydrogens (tertiary/aromatic N) is 3. The van der Waals surface area contributed by atoms with Crippen LogP contribution in [-0.2, 0) is 7.05 Å². The van der Waals surface area contributed by atoms with Crippen molar-refractivity contribution in [3.05, 3.63) is 83.0 Å². The van der Waals surface area contributed by atoms with Crippen molar-refractivity contribution < 1.29 is 9.47 Å². The van der Waals surface area contributed by atoms with Crippen LogP contribution in [-0.4, -0.2) is 28.8 Å². The molecule has 36 heavy (non-hydrogen) atoms. The van der Waals surface area contributed by atoms with Crippen LogP contribution in [0.3, 0.4) is 0 Å². The Bertz CT molecular complexity index is 2110. The van der Waals surface area contributed by atoms with Gasteiger partial charge in [-0.3, -0.25) is 4.79 Å². The van der Waals surface area contributed by atoms with E-state index in [0.29, 0.717) is 44.2 Å². The number of hydrogen-bond acceptors (Lipinski definition) is 5. The van der Waals surface area contributed by atoms with E-state index in [0.717, 1.165) is 32.7 Å². The number of aryl methyl sites for hydroxylation is 1. The zero-order chi connectivity index (χ0) is 24.6. The second kappa shape index (κ2) is 7.39. The summed E-state index contributed by atoms with van der Waals surface area (Å²) in [7, 11) is 5.28. The lowest BCUT2D eigenvalue weighted by molar-refractivity contribution is 0.423. The Labute approximate surface area is 205 Å². The summed E-state index contributed by atoms with van der Waals surface area (Å²) in [6, 6.07) is 23.3. The van der Waals surface area contributed by atoms with Crippen molar-refractivity contribution in [3.8, 4) is 11.5 Å². The maximum Gasteiger partial charge on any atom is 0.199 e. The minimum atomic E-state index is -0.0781. The van der Waals surface area contributed by atoms with Gasteiger partial charge in [0.2, 0.25) is 0 Å². The van der Waals surface area contributed by atoms with Gasteiger partial charge in [0.05, 0.1) is 63.5 Å². The van der Waals surface area contributed by atoms with Crippen molar-refractivity contribution in [1.82, 2.24) is 14.5 Å². The normalized spacial score (nSPS) is 11.9. The Hall–Kier alpha value is -4.71. The SMILES string of the molecule is COc1c2ccccc2nc2c1c1nc3ccccc3c(=O)c1c1c2c(OC)c2ccccc2n1C. The highest BCUT2D eigenvalue weighted by molar-refractivity contribution is 6.30. The van der Waals surface area contributed by atoms with Gasteiger partial charge in [-0.2, -0.15) is 0 Å². The first kappa shape index (κ1) is 20.6. The molecule has 7 aromatic rings. The summed E-state index contributed by atoms with van der Waals surface area (Å²) >= 11 is 0. The summed E-state index contributed by atoms with van der Waals surface area (Å²) in [5, 5.41) is 4.36. The maximum absolute atomic E-state index is 14.1. The van der Waals surface area contributed by atoms with Crippen LogP contribution in [0, 0.1) is 0 Å². The standard InChI is InChI=1S/C30H21N3O3/c1-33-21-15-9-6-12-18(21)30(36-3)24-26-22(29(35-2)17-11-5-8-14-20(17)32-26)25-23(27(24)33)28(34)16-10-4-7-13-19(16)31-25/h4-15H,1-3H3. The molecule has 6 nitrogen and oxygen atoms in total. The number of pyridine rings is 3. The van der Waals surface area contributed by atoms with Gasteiger partial charge in [0.15, 0.2) is 5.43 Å². The van der Waals surface area contributed by atoms with Gasteiger partial charge in [-0.05, 0) is 36.4 Å². The molecule has 0 amide bonds. The molecule has 0 bridgehead atoms. The molecule has 0 radical (unpaired) electrons. The molecule has 0 saturated carbocycles. The number of hydrogen-bond donors (Lipinski definition) is 0. The Balaban J connectivity index is 1.96. The molecule has 7 rings (SSSR count). The van der Waals surface area contributed by atoms with Gasteiger partial charge in [0.1, 0.15) is 11.5 Å². The van der Waals surface area contributed by atoms with Crippen LogP contribution < -0.4 is 14.9 Å². The summed E-state index contributed by atoms with van der Waals surface area (Å²) in [5.41, 5.74) is 4.30. The molecular weight excluding hydrogens is 450 g/mol. The van der Waals surface area contributed by atoms with E-state index in [9.17, 15) is 4.79 Å². The number of rotatable bonds is 2. The fraction of sp³-hybridized carbons (Fsp3) is 0.100. The van der Waals surface area contributed by atoms with Gasteiger partial charge in [0.25, 0.3) is 0 Å². The van der Waals surface area contributed by atoms with Crippen LogP contribution in [0.2, 0.25) is 0 Å². The first-order chi connectivity index (χ1) is 17.6. The van der Waals surface area contributed by atoms with Crippen LogP contribution in [0.5, 0.6) is 11.5 Å². The Kier molecular flexibility index (Phi) is 4.24. The van der Waals surface area contributed by atoms with E-state index in [-0.39, 0.29) is 5.43 Å². The third-order valence-corrected chi connectivity index (χ3v) is 7.12. The minimum Gasteiger partial charge on any atom is -0.495 e. The van der Waals surface area contributed by atoms with E-state index in [1.165, 1.54) is 0 Å². The molecule has 0 aliphatic rings. The van der Waals surface area contributed by atoms with E-state index in [2.05, 4.69) is 4.57 Å². The van der Waals surface area contributed by atoms with E-state index < -0.39 is 0 Å². The number of aromatic nitrogens is 3. The van der Waals surface area contributed by atoms with Crippen molar-refractivity contribution in [2.24, 2.45) is 7.05 Å². The molecule has 3 aromatic heterocycles. The van der Waals surface area contributed by atoms with Gasteiger partial charge in [-0.1, -0.05) is 36.4 Å². The van der Waals surface area contributed by atoms with Crippen LogP contribution in [0.1, 0.15) is 0 Å². The second-order valence-electron chi connectivity index (χ2n) is 8.90. The maximum atomic E-state index is 14.1. The molecule has 4 aromatic carbocycles. The zero-order valence-electron chi connectivity index (χ0n) is 20.0. The lowest BCUT2D eigenvalue weighted by Crippen LogP contribution is -2.10. The highest BCUT2D eigenvalue weighted by Gasteiger charge is 2.25. The van der Waals surface area contributed by atoms with Gasteiger partial charge < -0.3 is 14.0 Å². The van der Waals surface area contributed by atoms with Crippen LogP contribution >= 0.6 is 0 Å². The average Bonchev–Trinajstić information content (AvgIpc) is 2.92. The lowest BCUT2D eigenvalue weighted by atomic mass is 9.97. The predicted molar refractivity (Wildman–Crippen MR) is 145 cm³/mol. The molecule has 0 aliphatic heterocycles. The van der Waals surface area contributed by atoms with Crippen molar-refractivity contribution in [2.45, 2.75) is 0 Å². The number of ether oxygens (including phenoxy) is 2. The highest BCUT2D eigenvalue weighted by Crippen LogP contribution is 2.45. The first-order valence-corrected chi connectivity index (χ1v) is 11.7. The highest BCUT2D eigenvalue weighted by atomic mass is 16.5. The van der Waals surface area contributed by atoms with E-state index in [1.807, 2.05) is 79.8 Å². The quantitative estimate of drug-likeness (QED) is 0.225. The van der Waals surface area contributed by atoms with Gasteiger partial charge >= 0.3 is 0 Å². The number of methoxy groups -OCH3 is 2. The van der Waals surface area contributed by atoms with E-state index in [1.54, 1.807) is 14.2 Å². The molecule has 0 aliphatic carbocycles. The van der Waals surface area contributed by atoms with Crippen molar-refractivity contribution in [3.63, 3.8) is 0 Å². The third kappa shape index (κ3) is 2.53. The van der Waals surface area contributed by atoms with Gasteiger partial charge in [-0.25, -0.2) is 9.97 Å². The Morgan fingerprint density at radius 1 is 0.639 bits per heavy atom. The monoisotopic (exact) mass is 471 g/mol. The molecule has 3 heterocycles. The Morgan fingerprint density at radius 2 is 1.17 bits per heavy atom. The van der Waals surface area contributed by atoms with Crippen LogP contribution in [0.4, 0.5) is 0 Å². The second-order valence-corrected chi connectivity index (χ2v) is 8.90. The summed E-state index contributed by atoms with van der Waals surface area (Å²) in [4.78, 5) is 24.3. The molecule has 0 unspecified atom stereocenters. The predicted octanol–water partition coefficient (Wildman–Crippen LogP) is 6.11. The number of para-hydroxylation sites is 3. The molecule has 0 atom stereocenters. The fourth-order valence-corrected chi connectivity index (χ4v) is 5.59. The summed E-state index contributed by atoms with van der Waals surface area (Å²) in [6.45, 7) is 0. The van der Waals surface area contributed by atoms with E-state index >= 15 is 0 Å². The molecule has 0 N–H and O–H groups in total. The van der Waals surface area contributed by atoms with Crippen LogP contribution in [0.25, 0.3) is 65.4 Å². The summed E-state index contributed by atoms with van der Waals surface area (Å²) < 4.78 is 14.1. The van der Waals surface area contributed by atoms with Crippen molar-refractivity contribution in [2.75, 3.05) is 14.2 Å². The minimum absolute atomic E-state index is 0.0781. The third-order valence-electron chi connectivity index (χ3n) is 7.12. The topological polar surface area (TPSA) is 66.2 Å². The van der Waals surface area contributed by atoms with Gasteiger partial charge in [0, 0.05) is 23.2 Å². The molecule has 0 spiro atoms. The fourth-order valence-electron chi connectivity index (χ4n) is 5.59. The molecule has 174 valence electrons. The van der Waals surface area contributed by atoms with Gasteiger partial charge in [-0.15, -0.1) is 0 Å². The lowest BCUT2D eigenvalue weighted by Gasteiger charge is -2.20. The molecule has 6 heteroatoms. The molecular formula is C30H21N3O3.